The highest BCUT2D eigenvalue weighted by atomic mass is 32.2. The van der Waals surface area contributed by atoms with Crippen LogP contribution >= 0.6 is 23.5 Å². The summed E-state index contributed by atoms with van der Waals surface area (Å²) in [5.74, 6) is 0.940. The number of thioether (sulfide) groups is 2. The molecule has 1 unspecified atom stereocenters. The van der Waals surface area contributed by atoms with Crippen LogP contribution in [0.5, 0.6) is 0 Å². The van der Waals surface area contributed by atoms with Gasteiger partial charge in [0.05, 0.1) is 21.3 Å². The van der Waals surface area contributed by atoms with E-state index in [1.807, 2.05) is 45.5 Å². The normalized spacial score (nSPS) is 19.5. The van der Waals surface area contributed by atoms with Crippen molar-refractivity contribution in [2.45, 2.75) is 50.3 Å². The predicted molar refractivity (Wildman–Crippen MR) is 172 cm³/mol. The minimum atomic E-state index is 0.940. The average molecular weight is 561 g/mol. The highest BCUT2D eigenvalue weighted by Crippen LogP contribution is 2.40. The first-order chi connectivity index (χ1) is 19.1. The number of fused-ring (bicyclic) bond motifs is 1. The molecular formula is C33H44N4S2+2. The average Bonchev–Trinajstić information content (AvgIpc) is 3.71. The SMILES string of the molecule is CC.CC.CN(C)C1=C[NH+](C2=C(/C=C/CSc3ccccc3[NH3+])CC/C2=C\C=C2\Nc3ccccc3S2)C=C1. The standard InChI is InChI=1S/C29H30N4S2.2C2H6/c1-32(2)23-17-18-33(20-23)29-21(8-7-19-34-26-11-5-3-9-24(26)30)13-14-22(29)15-16-28-31-25-10-4-6-12-27(25)35-28;2*1-2/h3-12,15-18,20,31H,13-14,19,30H2,1-2H3;2*1-2H3/p+2/b8-7+,22-15+,28-16-;;. The topological polar surface area (TPSA) is 47.4 Å². The van der Waals surface area contributed by atoms with Crippen LogP contribution in [0.1, 0.15) is 40.5 Å². The minimum Gasteiger partial charge on any atom is -0.373 e. The molecule has 0 spiro atoms. The zero-order valence-corrected chi connectivity index (χ0v) is 25.9. The number of likely N-dealkylation sites (N-methyl/N-ethyl adjacent to an activating group) is 1. The Kier molecular flexibility index (Phi) is 12.3. The van der Waals surface area contributed by atoms with Crippen molar-refractivity contribution in [3.8, 4) is 0 Å². The number of para-hydroxylation sites is 1. The summed E-state index contributed by atoms with van der Waals surface area (Å²) in [6, 6.07) is 16.8. The fourth-order valence-corrected chi connectivity index (χ4v) is 6.16. The number of hydrogen-bond donors (Lipinski definition) is 3. The van der Waals surface area contributed by atoms with E-state index in [4.69, 9.17) is 0 Å². The number of benzene rings is 2. The van der Waals surface area contributed by atoms with E-state index in [9.17, 15) is 0 Å². The second-order valence-corrected chi connectivity index (χ2v) is 11.1. The molecule has 2 aliphatic heterocycles. The molecule has 206 valence electrons. The second kappa shape index (κ2) is 15.6. The molecule has 39 heavy (non-hydrogen) atoms. The summed E-state index contributed by atoms with van der Waals surface area (Å²) in [4.78, 5) is 6.01. The van der Waals surface area contributed by atoms with Gasteiger partial charge in [-0.15, -0.1) is 11.8 Å². The molecule has 2 heterocycles. The lowest BCUT2D eigenvalue weighted by Gasteiger charge is -2.13. The third-order valence-corrected chi connectivity index (χ3v) is 8.38. The first kappa shape index (κ1) is 30.6. The molecule has 0 aromatic heterocycles. The highest BCUT2D eigenvalue weighted by molar-refractivity contribution is 8.03. The molecule has 4 nitrogen and oxygen atoms in total. The van der Waals surface area contributed by atoms with Crippen LogP contribution in [0, 0.1) is 0 Å². The Morgan fingerprint density at radius 3 is 2.46 bits per heavy atom. The van der Waals surface area contributed by atoms with Crippen molar-refractivity contribution in [1.82, 2.24) is 4.90 Å². The molecule has 5 N–H and O–H groups in total. The molecule has 0 bridgehead atoms. The van der Waals surface area contributed by atoms with E-state index in [2.05, 4.69) is 115 Å². The Labute approximate surface area is 244 Å². The Morgan fingerprint density at radius 2 is 1.74 bits per heavy atom. The summed E-state index contributed by atoms with van der Waals surface area (Å²) in [5, 5.41) is 4.72. The van der Waals surface area contributed by atoms with Crippen LogP contribution in [0.3, 0.4) is 0 Å². The van der Waals surface area contributed by atoms with Gasteiger partial charge in [-0.05, 0) is 37.1 Å². The van der Waals surface area contributed by atoms with Crippen molar-refractivity contribution in [2.75, 3.05) is 25.2 Å². The van der Waals surface area contributed by atoms with Gasteiger partial charge in [-0.2, -0.15) is 0 Å². The summed E-state index contributed by atoms with van der Waals surface area (Å²) < 4.78 is 0. The third kappa shape index (κ3) is 8.05. The van der Waals surface area contributed by atoms with Gasteiger partial charge in [-0.25, -0.2) is 4.90 Å². The van der Waals surface area contributed by atoms with Crippen LogP contribution < -0.4 is 16.0 Å². The van der Waals surface area contributed by atoms with Crippen LogP contribution in [0.25, 0.3) is 0 Å². The van der Waals surface area contributed by atoms with Crippen molar-refractivity contribution < 1.29 is 10.6 Å². The van der Waals surface area contributed by atoms with Gasteiger partial charge in [-0.1, -0.05) is 82.0 Å². The number of rotatable bonds is 7. The molecule has 0 fully saturated rings. The van der Waals surface area contributed by atoms with Crippen LogP contribution in [0.4, 0.5) is 11.4 Å². The van der Waals surface area contributed by atoms with Crippen LogP contribution in [0.2, 0.25) is 0 Å². The zero-order chi connectivity index (χ0) is 28.2. The molecule has 1 atom stereocenters. The largest absolute Gasteiger partial charge is 0.373 e. The lowest BCUT2D eigenvalue weighted by Crippen LogP contribution is -3.00. The molecule has 2 aromatic carbocycles. The maximum atomic E-state index is 4.14. The lowest BCUT2D eigenvalue weighted by atomic mass is 10.1. The number of allylic oxidation sites excluding steroid dienone is 6. The van der Waals surface area contributed by atoms with Crippen molar-refractivity contribution in [1.29, 1.82) is 0 Å². The highest BCUT2D eigenvalue weighted by Gasteiger charge is 2.29. The first-order valence-electron chi connectivity index (χ1n) is 13.9. The molecule has 2 aromatic rings. The minimum absolute atomic E-state index is 0.940. The molecule has 1 aliphatic carbocycles. The van der Waals surface area contributed by atoms with Crippen molar-refractivity contribution in [3.63, 3.8) is 0 Å². The maximum absolute atomic E-state index is 4.14. The van der Waals surface area contributed by atoms with E-state index >= 15 is 0 Å². The van der Waals surface area contributed by atoms with Gasteiger partial charge in [0.15, 0.2) is 0 Å². The van der Waals surface area contributed by atoms with Crippen LogP contribution in [-0.4, -0.2) is 24.7 Å². The van der Waals surface area contributed by atoms with Gasteiger partial charge < -0.3 is 16.0 Å². The Bertz CT molecular complexity index is 1270. The monoisotopic (exact) mass is 560 g/mol. The molecular weight excluding hydrogens is 517 g/mol. The second-order valence-electron chi connectivity index (χ2n) is 8.92. The number of quaternary nitrogens is 2. The number of nitrogens with zero attached hydrogens (tertiary/aromatic N) is 1. The number of hydrogen-bond acceptors (Lipinski definition) is 4. The van der Waals surface area contributed by atoms with Gasteiger partial charge >= 0.3 is 0 Å². The molecule has 0 saturated heterocycles. The Balaban J connectivity index is 0.00000100. The first-order valence-corrected chi connectivity index (χ1v) is 15.7. The van der Waals surface area contributed by atoms with E-state index in [0.717, 1.165) is 24.3 Å². The van der Waals surface area contributed by atoms with Crippen molar-refractivity contribution >= 4 is 34.9 Å². The summed E-state index contributed by atoms with van der Waals surface area (Å²) in [7, 11) is 4.20. The quantitative estimate of drug-likeness (QED) is 0.316. The fourth-order valence-electron chi connectivity index (χ4n) is 4.45. The molecule has 0 radical (unpaired) electrons. The van der Waals surface area contributed by atoms with E-state index < -0.39 is 0 Å². The zero-order valence-electron chi connectivity index (χ0n) is 24.3. The van der Waals surface area contributed by atoms with E-state index in [1.165, 1.54) is 47.9 Å². The summed E-state index contributed by atoms with van der Waals surface area (Å²) in [5.41, 5.74) is 11.9. The summed E-state index contributed by atoms with van der Waals surface area (Å²) in [6.45, 7) is 8.00. The van der Waals surface area contributed by atoms with Crippen molar-refractivity contribution in [2.24, 2.45) is 0 Å². The Morgan fingerprint density at radius 1 is 1.00 bits per heavy atom. The van der Waals surface area contributed by atoms with Crippen molar-refractivity contribution in [3.05, 3.63) is 119 Å². The van der Waals surface area contributed by atoms with E-state index in [0.29, 0.717) is 0 Å². The summed E-state index contributed by atoms with van der Waals surface area (Å²) in [6.07, 6.45) is 18.1. The predicted octanol–water partition coefficient (Wildman–Crippen LogP) is 7.11. The van der Waals surface area contributed by atoms with Gasteiger partial charge in [0, 0.05) is 48.0 Å². The van der Waals surface area contributed by atoms with Gasteiger partial charge in [0.2, 0.25) is 0 Å². The van der Waals surface area contributed by atoms with Gasteiger partial charge in [0.25, 0.3) is 0 Å². The fraction of sp³-hybridized carbons (Fsp3) is 0.273. The van der Waals surface area contributed by atoms with E-state index in [-0.39, 0.29) is 0 Å². The Hall–Kier alpha value is -2.90. The summed E-state index contributed by atoms with van der Waals surface area (Å²) >= 11 is 3.65. The number of nitrogens with one attached hydrogen (secondary N) is 2. The molecule has 0 saturated carbocycles. The number of anilines is 1. The van der Waals surface area contributed by atoms with Crippen LogP contribution in [0.15, 0.2) is 129 Å². The maximum Gasteiger partial charge on any atom is 0.146 e. The smallest absolute Gasteiger partial charge is 0.146 e. The third-order valence-electron chi connectivity index (χ3n) is 6.28. The molecule has 3 aliphatic rings. The van der Waals surface area contributed by atoms with Gasteiger partial charge in [0.1, 0.15) is 23.8 Å². The molecule has 0 amide bonds. The van der Waals surface area contributed by atoms with Crippen LogP contribution in [-0.2, 0) is 0 Å². The molecule has 6 heteroatoms. The molecule has 5 rings (SSSR count). The lowest BCUT2D eigenvalue weighted by molar-refractivity contribution is -0.740. The van der Waals surface area contributed by atoms with E-state index in [1.54, 1.807) is 11.8 Å². The van der Waals surface area contributed by atoms with Gasteiger partial charge in [-0.3, -0.25) is 0 Å².